The molecule has 2 nitrogen and oxygen atoms in total. The number of nitrogens with zero attached hydrogens (tertiary/aromatic N) is 2. The second kappa shape index (κ2) is 11.5. The Bertz CT molecular complexity index is 869. The molecular weight excluding hydrogens is 420 g/mol. The van der Waals surface area contributed by atoms with E-state index < -0.39 is 0 Å². The molecule has 0 radical (unpaired) electrons. The van der Waals surface area contributed by atoms with Gasteiger partial charge in [0.15, 0.2) is 0 Å². The molecule has 0 saturated carbocycles. The van der Waals surface area contributed by atoms with Crippen LogP contribution in [0.25, 0.3) is 11.3 Å². The van der Waals surface area contributed by atoms with Gasteiger partial charge in [0.05, 0.1) is 10.7 Å². The number of likely N-dealkylation sites (tertiary alicyclic amines) is 1. The molecule has 1 aliphatic carbocycles. The van der Waals surface area contributed by atoms with Gasteiger partial charge in [-0.05, 0) is 79.8 Å². The average molecular weight is 469 g/mol. The maximum atomic E-state index is 5.11. The largest absolute Gasteiger partial charge is 0.303 e. The number of aromatic nitrogens is 1. The summed E-state index contributed by atoms with van der Waals surface area (Å²) in [6, 6.07) is 7.14. The lowest BCUT2D eigenvalue weighted by Gasteiger charge is -2.42. The molecule has 0 spiro atoms. The van der Waals surface area contributed by atoms with Crippen LogP contribution in [0.5, 0.6) is 0 Å². The fraction of sp³-hybridized carbons (Fsp3) is 0.700. The van der Waals surface area contributed by atoms with Gasteiger partial charge in [-0.1, -0.05) is 79.9 Å². The number of benzene rings is 1. The van der Waals surface area contributed by atoms with Crippen LogP contribution in [-0.4, -0.2) is 29.5 Å². The molecule has 33 heavy (non-hydrogen) atoms. The summed E-state index contributed by atoms with van der Waals surface area (Å²) in [6.45, 7) is 20.0. The molecule has 1 aromatic carbocycles. The summed E-state index contributed by atoms with van der Waals surface area (Å²) in [6.07, 6.45) is 10.4. The molecule has 3 heteroatoms. The third kappa shape index (κ3) is 6.48. The number of rotatable bonds is 6. The first-order valence-corrected chi connectivity index (χ1v) is 14.4. The lowest BCUT2D eigenvalue weighted by atomic mass is 9.63. The van der Waals surface area contributed by atoms with E-state index in [9.17, 15) is 0 Å². The molecule has 1 fully saturated rings. The van der Waals surface area contributed by atoms with E-state index in [2.05, 4.69) is 76.9 Å². The fourth-order valence-corrected chi connectivity index (χ4v) is 6.43. The number of thiazole rings is 1. The Kier molecular flexibility index (Phi) is 9.20. The Labute approximate surface area is 208 Å². The van der Waals surface area contributed by atoms with E-state index in [1.165, 1.54) is 98.4 Å². The van der Waals surface area contributed by atoms with Gasteiger partial charge in [-0.15, -0.1) is 11.3 Å². The van der Waals surface area contributed by atoms with E-state index in [1.54, 1.807) is 0 Å². The molecule has 4 rings (SSSR count). The standard InChI is InChI=1S/C25H36N2S.C5H12/c1-6-13-27-14-9-18(10-15-27)23-26-22(17-28-23)19-7-8-20-21(16-19)25(4,5)12-11-24(20,2)3;1-3-5-4-2/h7-8,16-18H,6,9-15H2,1-5H3;3-5H2,1-2H3. The quantitative estimate of drug-likeness (QED) is 0.420. The average Bonchev–Trinajstić information content (AvgIpc) is 3.29. The molecule has 1 saturated heterocycles. The van der Waals surface area contributed by atoms with Crippen molar-refractivity contribution in [2.75, 3.05) is 19.6 Å². The Morgan fingerprint density at radius 2 is 1.55 bits per heavy atom. The van der Waals surface area contributed by atoms with Gasteiger partial charge < -0.3 is 4.90 Å². The number of hydrogen-bond acceptors (Lipinski definition) is 3. The van der Waals surface area contributed by atoms with Crippen molar-refractivity contribution >= 4 is 11.3 Å². The zero-order chi connectivity index (χ0) is 24.1. The van der Waals surface area contributed by atoms with Crippen LogP contribution in [0.15, 0.2) is 23.6 Å². The van der Waals surface area contributed by atoms with Gasteiger partial charge in [0.2, 0.25) is 0 Å². The molecule has 1 aliphatic heterocycles. The normalized spacial score (nSPS) is 20.1. The summed E-state index contributed by atoms with van der Waals surface area (Å²) in [7, 11) is 0. The fourth-order valence-electron chi connectivity index (χ4n) is 5.43. The van der Waals surface area contributed by atoms with Crippen molar-refractivity contribution in [1.82, 2.24) is 9.88 Å². The number of piperidine rings is 1. The molecule has 0 bridgehead atoms. The van der Waals surface area contributed by atoms with Crippen LogP contribution in [0.1, 0.15) is 122 Å². The van der Waals surface area contributed by atoms with Gasteiger partial charge in [-0.25, -0.2) is 4.98 Å². The van der Waals surface area contributed by atoms with Crippen molar-refractivity contribution in [3.05, 3.63) is 39.7 Å². The van der Waals surface area contributed by atoms with Crippen molar-refractivity contribution in [2.24, 2.45) is 0 Å². The molecule has 2 heterocycles. The summed E-state index contributed by atoms with van der Waals surface area (Å²) in [5.41, 5.74) is 6.08. The molecule has 2 aliphatic rings. The Balaban J connectivity index is 0.000000555. The predicted octanol–water partition coefficient (Wildman–Crippen LogP) is 8.95. The third-order valence-corrected chi connectivity index (χ3v) is 8.86. The summed E-state index contributed by atoms with van der Waals surface area (Å²) in [5, 5.41) is 3.64. The summed E-state index contributed by atoms with van der Waals surface area (Å²) < 4.78 is 0. The monoisotopic (exact) mass is 468 g/mol. The minimum absolute atomic E-state index is 0.256. The van der Waals surface area contributed by atoms with Crippen molar-refractivity contribution in [3.63, 3.8) is 0 Å². The predicted molar refractivity (Wildman–Crippen MR) is 147 cm³/mol. The highest BCUT2D eigenvalue weighted by atomic mass is 32.1. The topological polar surface area (TPSA) is 16.1 Å². The Morgan fingerprint density at radius 1 is 0.909 bits per heavy atom. The molecule has 2 aromatic rings. The molecular formula is C30H48N2S. The molecule has 1 aromatic heterocycles. The van der Waals surface area contributed by atoms with Gasteiger partial charge >= 0.3 is 0 Å². The van der Waals surface area contributed by atoms with E-state index in [4.69, 9.17) is 4.98 Å². The van der Waals surface area contributed by atoms with Crippen molar-refractivity contribution in [1.29, 1.82) is 0 Å². The number of unbranched alkanes of at least 4 members (excludes halogenated alkanes) is 2. The van der Waals surface area contributed by atoms with Gasteiger partial charge in [0.1, 0.15) is 0 Å². The van der Waals surface area contributed by atoms with Crippen LogP contribution in [0.4, 0.5) is 0 Å². The van der Waals surface area contributed by atoms with Crippen LogP contribution in [0, 0.1) is 0 Å². The minimum Gasteiger partial charge on any atom is -0.303 e. The minimum atomic E-state index is 0.256. The van der Waals surface area contributed by atoms with Crippen LogP contribution < -0.4 is 0 Å². The van der Waals surface area contributed by atoms with Gasteiger partial charge in [-0.2, -0.15) is 0 Å². The Morgan fingerprint density at radius 3 is 2.12 bits per heavy atom. The highest BCUT2D eigenvalue weighted by Crippen LogP contribution is 2.47. The van der Waals surface area contributed by atoms with E-state index in [-0.39, 0.29) is 10.8 Å². The lowest BCUT2D eigenvalue weighted by Crippen LogP contribution is -2.33. The highest BCUT2D eigenvalue weighted by molar-refractivity contribution is 7.10. The van der Waals surface area contributed by atoms with Gasteiger partial charge in [0.25, 0.3) is 0 Å². The summed E-state index contributed by atoms with van der Waals surface area (Å²) in [5.74, 6) is 0.653. The summed E-state index contributed by atoms with van der Waals surface area (Å²) in [4.78, 5) is 7.72. The van der Waals surface area contributed by atoms with Crippen LogP contribution in [-0.2, 0) is 10.8 Å². The highest BCUT2D eigenvalue weighted by Gasteiger charge is 2.37. The molecule has 0 unspecified atom stereocenters. The van der Waals surface area contributed by atoms with E-state index in [0.717, 1.165) is 0 Å². The Hall–Kier alpha value is -1.19. The summed E-state index contributed by atoms with van der Waals surface area (Å²) >= 11 is 1.87. The first-order valence-electron chi connectivity index (χ1n) is 13.5. The zero-order valence-corrected chi connectivity index (χ0v) is 23.3. The first kappa shape index (κ1) is 26.4. The molecule has 0 amide bonds. The van der Waals surface area contributed by atoms with E-state index >= 15 is 0 Å². The van der Waals surface area contributed by atoms with Crippen molar-refractivity contribution in [3.8, 4) is 11.3 Å². The molecule has 0 N–H and O–H groups in total. The number of hydrogen-bond donors (Lipinski definition) is 0. The maximum absolute atomic E-state index is 5.11. The second-order valence-corrected chi connectivity index (χ2v) is 12.5. The van der Waals surface area contributed by atoms with Crippen LogP contribution in [0.2, 0.25) is 0 Å². The SMILES string of the molecule is CCCCC.CCCN1CCC(c2nc(-c3ccc4c(c3)C(C)(C)CCC4(C)C)cs2)CC1. The van der Waals surface area contributed by atoms with Crippen molar-refractivity contribution < 1.29 is 0 Å². The van der Waals surface area contributed by atoms with Crippen molar-refractivity contribution in [2.45, 2.75) is 117 Å². The smallest absolute Gasteiger partial charge is 0.0964 e. The second-order valence-electron chi connectivity index (χ2n) is 11.6. The van der Waals surface area contributed by atoms with Gasteiger partial charge in [0, 0.05) is 16.9 Å². The lowest BCUT2D eigenvalue weighted by molar-refractivity contribution is 0.212. The van der Waals surface area contributed by atoms with Crippen LogP contribution >= 0.6 is 11.3 Å². The molecule has 184 valence electrons. The molecule has 0 atom stereocenters. The van der Waals surface area contributed by atoms with Gasteiger partial charge in [-0.3, -0.25) is 0 Å². The van der Waals surface area contributed by atoms with E-state index in [1.807, 2.05) is 11.3 Å². The first-order chi connectivity index (χ1) is 15.7. The number of fused-ring (bicyclic) bond motifs is 1. The zero-order valence-electron chi connectivity index (χ0n) is 22.5. The van der Waals surface area contributed by atoms with Crippen LogP contribution in [0.3, 0.4) is 0 Å². The maximum Gasteiger partial charge on any atom is 0.0964 e. The van der Waals surface area contributed by atoms with E-state index in [0.29, 0.717) is 5.92 Å². The third-order valence-electron chi connectivity index (χ3n) is 7.85.